The summed E-state index contributed by atoms with van der Waals surface area (Å²) < 4.78 is 11.8. The number of anilines is 1. The number of aryl methyl sites for hydroxylation is 1. The molecule has 18 heavy (non-hydrogen) atoms. The van der Waals surface area contributed by atoms with Crippen LogP contribution in [0.2, 0.25) is 0 Å². The second-order valence-electron chi connectivity index (χ2n) is 3.80. The number of aromatic hydroxyl groups is 1. The van der Waals surface area contributed by atoms with Crippen molar-refractivity contribution in [3.05, 3.63) is 18.3 Å². The molecule has 96 valence electrons. The molecule has 2 rings (SSSR count). The van der Waals surface area contributed by atoms with Crippen molar-refractivity contribution in [3.63, 3.8) is 0 Å². The van der Waals surface area contributed by atoms with Gasteiger partial charge in [-0.05, 0) is 17.7 Å². The molecule has 0 aliphatic carbocycles. The molecule has 0 aliphatic rings. The standard InChI is InChI=1S/C12H15N3O3/c1-15-12(13)8(6-14-15)7-4-9(16)11(18-3)10(5-7)17-2/h4-6,16H,13H2,1-3H3. The number of nitrogens with zero attached hydrogens (tertiary/aromatic N) is 2. The SMILES string of the molecule is COc1cc(-c2cnn(C)c2N)cc(O)c1OC. The average molecular weight is 249 g/mol. The molecular formula is C12H15N3O3. The van der Waals surface area contributed by atoms with E-state index in [2.05, 4.69) is 5.10 Å². The summed E-state index contributed by atoms with van der Waals surface area (Å²) in [7, 11) is 4.73. The van der Waals surface area contributed by atoms with Crippen LogP contribution < -0.4 is 15.2 Å². The zero-order valence-electron chi connectivity index (χ0n) is 10.5. The molecule has 1 aromatic heterocycles. The molecule has 0 unspecified atom stereocenters. The van der Waals surface area contributed by atoms with Crippen molar-refractivity contribution in [2.45, 2.75) is 0 Å². The lowest BCUT2D eigenvalue weighted by atomic mass is 10.1. The zero-order chi connectivity index (χ0) is 13.3. The molecule has 3 N–H and O–H groups in total. The number of rotatable bonds is 3. The summed E-state index contributed by atoms with van der Waals surface area (Å²) in [5.41, 5.74) is 7.34. The molecule has 0 bridgehead atoms. The lowest BCUT2D eigenvalue weighted by molar-refractivity contribution is 0.333. The van der Waals surface area contributed by atoms with E-state index in [1.165, 1.54) is 14.2 Å². The Morgan fingerprint density at radius 3 is 2.50 bits per heavy atom. The minimum atomic E-state index is -0.00453. The number of phenols is 1. The number of phenolic OH excluding ortho intramolecular Hbond substituents is 1. The maximum atomic E-state index is 9.89. The van der Waals surface area contributed by atoms with E-state index in [-0.39, 0.29) is 5.75 Å². The Kier molecular flexibility index (Phi) is 3.01. The first kappa shape index (κ1) is 12.1. The van der Waals surface area contributed by atoms with Crippen LogP contribution in [-0.2, 0) is 7.05 Å². The molecule has 0 saturated heterocycles. The van der Waals surface area contributed by atoms with Crippen molar-refractivity contribution in [3.8, 4) is 28.4 Å². The largest absolute Gasteiger partial charge is 0.504 e. The van der Waals surface area contributed by atoms with Crippen LogP contribution in [-0.4, -0.2) is 29.1 Å². The number of aromatic nitrogens is 2. The molecule has 0 saturated carbocycles. The number of nitrogen functional groups attached to an aromatic ring is 1. The van der Waals surface area contributed by atoms with Gasteiger partial charge >= 0.3 is 0 Å². The van der Waals surface area contributed by atoms with Gasteiger partial charge in [-0.1, -0.05) is 0 Å². The Morgan fingerprint density at radius 1 is 1.28 bits per heavy atom. The second-order valence-corrected chi connectivity index (χ2v) is 3.80. The first-order chi connectivity index (χ1) is 8.58. The maximum absolute atomic E-state index is 9.89. The maximum Gasteiger partial charge on any atom is 0.203 e. The third-order valence-electron chi connectivity index (χ3n) is 2.75. The van der Waals surface area contributed by atoms with Gasteiger partial charge in [0.2, 0.25) is 5.75 Å². The third-order valence-corrected chi connectivity index (χ3v) is 2.75. The molecule has 6 nitrogen and oxygen atoms in total. The number of benzene rings is 1. The van der Waals surface area contributed by atoms with Crippen molar-refractivity contribution in [1.82, 2.24) is 9.78 Å². The predicted molar refractivity (Wildman–Crippen MR) is 67.8 cm³/mol. The van der Waals surface area contributed by atoms with Gasteiger partial charge in [-0.3, -0.25) is 4.68 Å². The van der Waals surface area contributed by atoms with Crippen LogP contribution in [0.15, 0.2) is 18.3 Å². The Balaban J connectivity index is 2.59. The van der Waals surface area contributed by atoms with Crippen LogP contribution in [0.1, 0.15) is 0 Å². The number of ether oxygens (including phenoxy) is 2. The minimum absolute atomic E-state index is 0.00453. The van der Waals surface area contributed by atoms with E-state index < -0.39 is 0 Å². The van der Waals surface area contributed by atoms with Gasteiger partial charge in [-0.2, -0.15) is 5.10 Å². The molecule has 0 aliphatic heterocycles. The van der Waals surface area contributed by atoms with Gasteiger partial charge < -0.3 is 20.3 Å². The molecule has 2 aromatic rings. The summed E-state index contributed by atoms with van der Waals surface area (Å²) in [6.07, 6.45) is 1.63. The summed E-state index contributed by atoms with van der Waals surface area (Å²) in [6.45, 7) is 0. The number of hydrogen-bond donors (Lipinski definition) is 2. The summed E-state index contributed by atoms with van der Waals surface area (Å²) >= 11 is 0. The van der Waals surface area contributed by atoms with Crippen LogP contribution in [0.25, 0.3) is 11.1 Å². The Morgan fingerprint density at radius 2 is 2.00 bits per heavy atom. The molecule has 1 heterocycles. The number of nitrogens with two attached hydrogens (primary N) is 1. The van der Waals surface area contributed by atoms with Crippen molar-refractivity contribution >= 4 is 5.82 Å². The highest BCUT2D eigenvalue weighted by atomic mass is 16.5. The van der Waals surface area contributed by atoms with Crippen molar-refractivity contribution in [1.29, 1.82) is 0 Å². The normalized spacial score (nSPS) is 10.4. The molecule has 0 spiro atoms. The van der Waals surface area contributed by atoms with Gasteiger partial charge in [-0.25, -0.2) is 0 Å². The zero-order valence-corrected chi connectivity index (χ0v) is 10.5. The van der Waals surface area contributed by atoms with Gasteiger partial charge in [0.05, 0.1) is 20.4 Å². The monoisotopic (exact) mass is 249 g/mol. The Labute approximate surface area is 105 Å². The molecule has 0 amide bonds. The highest BCUT2D eigenvalue weighted by Gasteiger charge is 2.15. The smallest absolute Gasteiger partial charge is 0.203 e. The first-order valence-electron chi connectivity index (χ1n) is 5.31. The van der Waals surface area contributed by atoms with E-state index in [0.717, 1.165) is 11.1 Å². The lowest BCUT2D eigenvalue weighted by Crippen LogP contribution is -1.98. The van der Waals surface area contributed by atoms with E-state index in [9.17, 15) is 5.11 Å². The molecule has 1 aromatic carbocycles. The fourth-order valence-corrected chi connectivity index (χ4v) is 1.77. The molecule has 0 fully saturated rings. The molecular weight excluding hydrogens is 234 g/mol. The van der Waals surface area contributed by atoms with Gasteiger partial charge in [0.1, 0.15) is 5.82 Å². The van der Waals surface area contributed by atoms with E-state index in [4.69, 9.17) is 15.2 Å². The van der Waals surface area contributed by atoms with E-state index in [1.807, 2.05) is 0 Å². The summed E-state index contributed by atoms with van der Waals surface area (Å²) in [5.74, 6) is 1.25. The topological polar surface area (TPSA) is 82.5 Å². The third kappa shape index (κ3) is 1.81. The van der Waals surface area contributed by atoms with Gasteiger partial charge in [0.15, 0.2) is 11.5 Å². The van der Waals surface area contributed by atoms with Crippen molar-refractivity contribution in [2.75, 3.05) is 20.0 Å². The number of methoxy groups -OCH3 is 2. The van der Waals surface area contributed by atoms with E-state index >= 15 is 0 Å². The summed E-state index contributed by atoms with van der Waals surface area (Å²) in [4.78, 5) is 0. The van der Waals surface area contributed by atoms with Crippen LogP contribution in [0.3, 0.4) is 0 Å². The quantitative estimate of drug-likeness (QED) is 0.859. The fourth-order valence-electron chi connectivity index (χ4n) is 1.77. The van der Waals surface area contributed by atoms with E-state index in [1.54, 1.807) is 30.1 Å². The van der Waals surface area contributed by atoms with E-state index in [0.29, 0.717) is 17.3 Å². The van der Waals surface area contributed by atoms with Crippen LogP contribution in [0, 0.1) is 0 Å². The van der Waals surface area contributed by atoms with Crippen LogP contribution >= 0.6 is 0 Å². The second kappa shape index (κ2) is 4.48. The predicted octanol–water partition coefficient (Wildman–Crippen LogP) is 1.39. The van der Waals surface area contributed by atoms with Gasteiger partial charge in [0, 0.05) is 12.6 Å². The number of hydrogen-bond acceptors (Lipinski definition) is 5. The molecule has 6 heteroatoms. The minimum Gasteiger partial charge on any atom is -0.504 e. The van der Waals surface area contributed by atoms with Crippen LogP contribution in [0.4, 0.5) is 5.82 Å². The summed E-state index contributed by atoms with van der Waals surface area (Å²) in [6, 6.07) is 3.31. The molecule has 0 radical (unpaired) electrons. The van der Waals surface area contributed by atoms with Crippen LogP contribution in [0.5, 0.6) is 17.2 Å². The van der Waals surface area contributed by atoms with Gasteiger partial charge in [-0.15, -0.1) is 0 Å². The van der Waals surface area contributed by atoms with Crippen molar-refractivity contribution in [2.24, 2.45) is 7.05 Å². The summed E-state index contributed by atoms with van der Waals surface area (Å²) in [5, 5.41) is 13.9. The first-order valence-corrected chi connectivity index (χ1v) is 5.31. The Hall–Kier alpha value is -2.37. The highest BCUT2D eigenvalue weighted by Crippen LogP contribution is 2.41. The lowest BCUT2D eigenvalue weighted by Gasteiger charge is -2.11. The van der Waals surface area contributed by atoms with Crippen molar-refractivity contribution < 1.29 is 14.6 Å². The molecule has 0 atom stereocenters. The average Bonchev–Trinajstić information content (AvgIpc) is 2.69. The Bertz CT molecular complexity index is 578. The highest BCUT2D eigenvalue weighted by molar-refractivity contribution is 5.77. The fraction of sp³-hybridized carbons (Fsp3) is 0.250. The van der Waals surface area contributed by atoms with Gasteiger partial charge in [0.25, 0.3) is 0 Å².